The second-order valence-electron chi connectivity index (χ2n) is 6.75. The summed E-state index contributed by atoms with van der Waals surface area (Å²) in [5.41, 5.74) is 2.74. The Kier molecular flexibility index (Phi) is 4.98. The molecule has 2 heterocycles. The lowest BCUT2D eigenvalue weighted by molar-refractivity contribution is 0.103. The third-order valence-electron chi connectivity index (χ3n) is 4.80. The van der Waals surface area contributed by atoms with E-state index in [1.165, 1.54) is 23.7 Å². The highest BCUT2D eigenvalue weighted by molar-refractivity contribution is 7.20. The van der Waals surface area contributed by atoms with Gasteiger partial charge in [0.25, 0.3) is 5.91 Å². The van der Waals surface area contributed by atoms with Crippen LogP contribution in [0.4, 0.5) is 21.6 Å². The van der Waals surface area contributed by atoms with Gasteiger partial charge >= 0.3 is 0 Å². The minimum absolute atomic E-state index is 0.290. The molecule has 1 amide bonds. The molecule has 0 aliphatic carbocycles. The minimum atomic E-state index is -0.353. The van der Waals surface area contributed by atoms with Gasteiger partial charge in [-0.3, -0.25) is 4.79 Å². The number of halogens is 1. The van der Waals surface area contributed by atoms with Gasteiger partial charge in [-0.1, -0.05) is 24.3 Å². The van der Waals surface area contributed by atoms with E-state index in [9.17, 15) is 9.18 Å². The molecule has 0 saturated carbocycles. The van der Waals surface area contributed by atoms with E-state index in [2.05, 4.69) is 15.3 Å². The summed E-state index contributed by atoms with van der Waals surface area (Å²) in [4.78, 5) is 24.9. The first-order valence-corrected chi connectivity index (χ1v) is 9.87. The summed E-state index contributed by atoms with van der Waals surface area (Å²) in [6.45, 7) is 3.57. The monoisotopic (exact) mass is 406 g/mol. The molecule has 7 heteroatoms. The molecular weight excluding hydrogens is 387 g/mol. The molecule has 29 heavy (non-hydrogen) atoms. The van der Waals surface area contributed by atoms with E-state index in [1.54, 1.807) is 19.1 Å². The van der Waals surface area contributed by atoms with Crippen molar-refractivity contribution in [1.82, 2.24) is 9.97 Å². The average Bonchev–Trinajstić information content (AvgIpc) is 3.08. The highest BCUT2D eigenvalue weighted by atomic mass is 32.1. The summed E-state index contributed by atoms with van der Waals surface area (Å²) in [6, 6.07) is 14.5. The van der Waals surface area contributed by atoms with Crippen molar-refractivity contribution in [3.63, 3.8) is 0 Å². The number of carbonyl (C=O) groups is 1. The van der Waals surface area contributed by atoms with Gasteiger partial charge in [0, 0.05) is 18.4 Å². The van der Waals surface area contributed by atoms with Crippen molar-refractivity contribution in [1.29, 1.82) is 0 Å². The number of anilines is 3. The standard InChI is InChI=1S/C22H19FN4OS/c1-13-9-10-15(11-17(13)23)26-21(28)19-14(2)18-20(24-12-25-22(18)29-19)27(3)16-7-5-4-6-8-16/h4-12H,1-3H3,(H,26,28). The van der Waals surface area contributed by atoms with Crippen molar-refractivity contribution < 1.29 is 9.18 Å². The van der Waals surface area contributed by atoms with Crippen LogP contribution in [0, 0.1) is 19.7 Å². The van der Waals surface area contributed by atoms with E-state index >= 15 is 0 Å². The van der Waals surface area contributed by atoms with E-state index in [0.717, 1.165) is 27.3 Å². The molecule has 146 valence electrons. The van der Waals surface area contributed by atoms with Crippen LogP contribution in [-0.4, -0.2) is 22.9 Å². The predicted molar refractivity (Wildman–Crippen MR) is 116 cm³/mol. The number of aryl methyl sites for hydroxylation is 2. The smallest absolute Gasteiger partial charge is 0.266 e. The Morgan fingerprint density at radius 1 is 1.10 bits per heavy atom. The van der Waals surface area contributed by atoms with Crippen molar-refractivity contribution in [2.24, 2.45) is 0 Å². The summed E-state index contributed by atoms with van der Waals surface area (Å²) >= 11 is 1.30. The number of fused-ring (bicyclic) bond motifs is 1. The molecule has 0 bridgehead atoms. The lowest BCUT2D eigenvalue weighted by Crippen LogP contribution is -2.13. The van der Waals surface area contributed by atoms with Gasteiger partial charge in [0.15, 0.2) is 0 Å². The normalized spacial score (nSPS) is 10.9. The van der Waals surface area contributed by atoms with Gasteiger partial charge < -0.3 is 10.2 Å². The fourth-order valence-corrected chi connectivity index (χ4v) is 4.19. The van der Waals surface area contributed by atoms with Crippen LogP contribution in [0.3, 0.4) is 0 Å². The molecule has 0 aliphatic heterocycles. The zero-order valence-electron chi connectivity index (χ0n) is 16.2. The van der Waals surface area contributed by atoms with Gasteiger partial charge in [-0.25, -0.2) is 14.4 Å². The summed E-state index contributed by atoms with van der Waals surface area (Å²) in [5, 5.41) is 3.62. The molecule has 0 fully saturated rings. The molecule has 1 N–H and O–H groups in total. The van der Waals surface area contributed by atoms with E-state index in [4.69, 9.17) is 0 Å². The molecule has 0 spiro atoms. The van der Waals surface area contributed by atoms with Gasteiger partial charge in [0.1, 0.15) is 22.8 Å². The number of thiophene rings is 1. The zero-order valence-corrected chi connectivity index (χ0v) is 17.0. The summed E-state index contributed by atoms with van der Waals surface area (Å²) in [6.07, 6.45) is 1.50. The van der Waals surface area contributed by atoms with Crippen LogP contribution < -0.4 is 10.2 Å². The van der Waals surface area contributed by atoms with Crippen LogP contribution in [0.2, 0.25) is 0 Å². The highest BCUT2D eigenvalue weighted by Gasteiger charge is 2.21. The molecule has 2 aromatic carbocycles. The Balaban J connectivity index is 1.72. The molecule has 5 nitrogen and oxygen atoms in total. The first-order valence-electron chi connectivity index (χ1n) is 9.06. The number of carbonyl (C=O) groups excluding carboxylic acids is 1. The SMILES string of the molecule is Cc1ccc(NC(=O)c2sc3ncnc(N(C)c4ccccc4)c3c2C)cc1F. The maximum absolute atomic E-state index is 13.8. The molecule has 4 rings (SSSR count). The van der Waals surface area contributed by atoms with E-state index in [1.807, 2.05) is 49.2 Å². The lowest BCUT2D eigenvalue weighted by Gasteiger charge is -2.19. The Labute approximate surface area is 171 Å². The second kappa shape index (κ2) is 7.60. The average molecular weight is 406 g/mol. The number of para-hydroxylation sites is 1. The zero-order chi connectivity index (χ0) is 20.5. The lowest BCUT2D eigenvalue weighted by atomic mass is 10.1. The molecule has 0 aliphatic rings. The molecule has 2 aromatic heterocycles. The number of amides is 1. The first kappa shape index (κ1) is 19.0. The minimum Gasteiger partial charge on any atom is -0.329 e. The maximum Gasteiger partial charge on any atom is 0.266 e. The second-order valence-corrected chi connectivity index (χ2v) is 7.75. The van der Waals surface area contributed by atoms with E-state index < -0.39 is 0 Å². The van der Waals surface area contributed by atoms with Gasteiger partial charge in [-0.2, -0.15) is 0 Å². The molecular formula is C22H19FN4OS. The number of hydrogen-bond acceptors (Lipinski definition) is 5. The molecule has 0 saturated heterocycles. The van der Waals surface area contributed by atoms with Crippen molar-refractivity contribution >= 4 is 44.7 Å². The van der Waals surface area contributed by atoms with Crippen LogP contribution in [0.25, 0.3) is 10.2 Å². The summed E-state index contributed by atoms with van der Waals surface area (Å²) < 4.78 is 13.8. The predicted octanol–water partition coefficient (Wildman–Crippen LogP) is 5.47. The number of benzene rings is 2. The van der Waals surface area contributed by atoms with Gasteiger partial charge in [0.2, 0.25) is 0 Å². The number of rotatable bonds is 4. The quantitative estimate of drug-likeness (QED) is 0.488. The number of nitrogens with zero attached hydrogens (tertiary/aromatic N) is 3. The molecule has 4 aromatic rings. The largest absolute Gasteiger partial charge is 0.329 e. The van der Waals surface area contributed by atoms with Crippen molar-refractivity contribution in [2.45, 2.75) is 13.8 Å². The molecule has 0 atom stereocenters. The Morgan fingerprint density at radius 2 is 1.86 bits per heavy atom. The molecule has 0 unspecified atom stereocenters. The Bertz CT molecular complexity index is 1210. The number of aromatic nitrogens is 2. The maximum atomic E-state index is 13.8. The summed E-state index contributed by atoms with van der Waals surface area (Å²) in [7, 11) is 1.93. The fourth-order valence-electron chi connectivity index (χ4n) is 3.16. The highest BCUT2D eigenvalue weighted by Crippen LogP contribution is 2.37. The third kappa shape index (κ3) is 3.56. The number of nitrogens with one attached hydrogen (secondary N) is 1. The van der Waals surface area contributed by atoms with Crippen molar-refractivity contribution in [2.75, 3.05) is 17.3 Å². The number of hydrogen-bond donors (Lipinski definition) is 1. The van der Waals surface area contributed by atoms with Crippen molar-refractivity contribution in [3.8, 4) is 0 Å². The van der Waals surface area contributed by atoms with Crippen LogP contribution in [0.15, 0.2) is 54.9 Å². The van der Waals surface area contributed by atoms with E-state index in [-0.39, 0.29) is 11.7 Å². The van der Waals surface area contributed by atoms with Crippen LogP contribution in [0.1, 0.15) is 20.8 Å². The van der Waals surface area contributed by atoms with E-state index in [0.29, 0.717) is 16.1 Å². The van der Waals surface area contributed by atoms with Gasteiger partial charge in [-0.05, 0) is 49.2 Å². The third-order valence-corrected chi connectivity index (χ3v) is 6.00. The Morgan fingerprint density at radius 3 is 2.59 bits per heavy atom. The van der Waals surface area contributed by atoms with Crippen LogP contribution in [0.5, 0.6) is 0 Å². The topological polar surface area (TPSA) is 58.1 Å². The molecule has 0 radical (unpaired) electrons. The first-order chi connectivity index (χ1) is 14.0. The Hall–Kier alpha value is -3.32. The van der Waals surface area contributed by atoms with Gasteiger partial charge in [0.05, 0.1) is 10.3 Å². The van der Waals surface area contributed by atoms with Crippen molar-refractivity contribution in [3.05, 3.63) is 76.7 Å². The fraction of sp³-hybridized carbons (Fsp3) is 0.136. The van der Waals surface area contributed by atoms with Gasteiger partial charge in [-0.15, -0.1) is 11.3 Å². The summed E-state index contributed by atoms with van der Waals surface area (Å²) in [5.74, 6) is 0.0888. The van der Waals surface area contributed by atoms with Crippen LogP contribution >= 0.6 is 11.3 Å². The van der Waals surface area contributed by atoms with Crippen LogP contribution in [-0.2, 0) is 0 Å².